The largest absolute Gasteiger partial charge is 0.492 e. The number of nitrogens with one attached hydrogen (secondary N) is 2. The summed E-state index contributed by atoms with van der Waals surface area (Å²) >= 11 is 0. The van der Waals surface area contributed by atoms with Crippen molar-refractivity contribution in [2.24, 2.45) is 10.7 Å². The molecule has 0 bridgehead atoms. The van der Waals surface area contributed by atoms with Crippen LogP contribution in [0.15, 0.2) is 23.2 Å². The van der Waals surface area contributed by atoms with Crippen molar-refractivity contribution in [2.75, 3.05) is 40.0 Å². The lowest BCUT2D eigenvalue weighted by atomic mass is 10.0. The fourth-order valence-electron chi connectivity index (χ4n) is 5.37. The zero-order valence-corrected chi connectivity index (χ0v) is 29.9. The molecule has 13 nitrogen and oxygen atoms in total. The zero-order valence-electron chi connectivity index (χ0n) is 29.9. The number of nitrogens with zero attached hydrogens (tertiary/aromatic N) is 2. The van der Waals surface area contributed by atoms with Gasteiger partial charge in [-0.15, -0.1) is 0 Å². The lowest BCUT2D eigenvalue weighted by molar-refractivity contribution is -0.168. The maximum atomic E-state index is 13.6. The van der Waals surface area contributed by atoms with Crippen molar-refractivity contribution < 1.29 is 38.5 Å². The molecule has 1 heterocycles. The van der Waals surface area contributed by atoms with Gasteiger partial charge in [0.25, 0.3) is 5.91 Å². The third-order valence-corrected chi connectivity index (χ3v) is 7.94. The minimum Gasteiger partial charge on any atom is -0.492 e. The predicted molar refractivity (Wildman–Crippen MR) is 184 cm³/mol. The van der Waals surface area contributed by atoms with Gasteiger partial charge in [-0.25, -0.2) is 0 Å². The van der Waals surface area contributed by atoms with Crippen LogP contribution in [-0.4, -0.2) is 96.5 Å². The van der Waals surface area contributed by atoms with Gasteiger partial charge in [0.2, 0.25) is 11.8 Å². The second kappa shape index (κ2) is 19.6. The molecule has 1 aliphatic rings. The van der Waals surface area contributed by atoms with Crippen LogP contribution in [0.3, 0.4) is 0 Å². The van der Waals surface area contributed by atoms with Crippen LogP contribution in [0.4, 0.5) is 0 Å². The number of aliphatic hydroxyl groups excluding tert-OH is 1. The number of ketones is 1. The molecule has 5 N–H and O–H groups in total. The average molecular weight is 676 g/mol. The van der Waals surface area contributed by atoms with Crippen LogP contribution >= 0.6 is 0 Å². The number of amidine groups is 1. The smallest absolute Gasteiger partial charge is 0.260 e. The summed E-state index contributed by atoms with van der Waals surface area (Å²) in [5.74, 6) is 0.0895. The highest BCUT2D eigenvalue weighted by molar-refractivity contribution is 6.16. The lowest BCUT2D eigenvalue weighted by Gasteiger charge is -2.35. The Bertz CT molecular complexity index is 1270. The number of aliphatic hydroxyl groups is 1. The van der Waals surface area contributed by atoms with Crippen LogP contribution in [0, 0.1) is 0 Å². The normalized spacial score (nSPS) is 16.1. The first-order valence-electron chi connectivity index (χ1n) is 16.9. The Kier molecular flexibility index (Phi) is 16.6. The molecule has 1 aliphatic heterocycles. The summed E-state index contributed by atoms with van der Waals surface area (Å²) in [6, 6.07) is 4.37. The number of methoxy groups -OCH3 is 1. The number of carbonyl (C=O) groups excluding carboxylic acids is 4. The van der Waals surface area contributed by atoms with E-state index in [2.05, 4.69) is 22.5 Å². The first-order valence-corrected chi connectivity index (χ1v) is 16.9. The van der Waals surface area contributed by atoms with Crippen LogP contribution in [0.2, 0.25) is 0 Å². The predicted octanol–water partition coefficient (Wildman–Crippen LogP) is 3.42. The number of hydrogen-bond donors (Lipinski definition) is 4. The highest BCUT2D eigenvalue weighted by atomic mass is 16.5. The Hall–Kier alpha value is -3.39. The molecular weight excluding hydrogens is 618 g/mol. The zero-order chi connectivity index (χ0) is 35.9. The topological polar surface area (TPSA) is 182 Å². The van der Waals surface area contributed by atoms with Gasteiger partial charge >= 0.3 is 0 Å². The number of hydrogen-bond acceptors (Lipinski definition) is 10. The van der Waals surface area contributed by atoms with Gasteiger partial charge in [-0.2, -0.15) is 0 Å². The van der Waals surface area contributed by atoms with E-state index in [1.165, 1.54) is 19.1 Å². The molecule has 1 saturated heterocycles. The van der Waals surface area contributed by atoms with E-state index in [-0.39, 0.29) is 35.8 Å². The van der Waals surface area contributed by atoms with Gasteiger partial charge in [0.1, 0.15) is 35.8 Å². The van der Waals surface area contributed by atoms with Crippen LogP contribution in [0.5, 0.6) is 5.75 Å². The van der Waals surface area contributed by atoms with Crippen LogP contribution in [0.25, 0.3) is 0 Å². The number of aliphatic imine (C=N–C) groups is 1. The summed E-state index contributed by atoms with van der Waals surface area (Å²) in [4.78, 5) is 55.2. The van der Waals surface area contributed by atoms with E-state index in [0.29, 0.717) is 69.1 Å². The Morgan fingerprint density at radius 2 is 1.77 bits per heavy atom. The summed E-state index contributed by atoms with van der Waals surface area (Å²) in [5.41, 5.74) is 4.13. The molecule has 1 aromatic rings. The van der Waals surface area contributed by atoms with Gasteiger partial charge < -0.3 is 35.2 Å². The number of benzene rings is 1. The molecule has 1 aromatic carbocycles. The third-order valence-electron chi connectivity index (χ3n) is 7.94. The molecule has 0 aromatic heterocycles. The quantitative estimate of drug-likeness (QED) is 0.0725. The average Bonchev–Trinajstić information content (AvgIpc) is 3.71. The maximum absolute atomic E-state index is 13.6. The van der Waals surface area contributed by atoms with Crippen molar-refractivity contribution in [3.63, 3.8) is 0 Å². The molecule has 2 atom stereocenters. The molecule has 270 valence electrons. The molecule has 13 heteroatoms. The molecular formula is C35H57N5O8. The molecule has 2 rings (SSSR count). The number of primary amides is 1. The van der Waals surface area contributed by atoms with Gasteiger partial charge in [0.15, 0.2) is 0 Å². The van der Waals surface area contributed by atoms with Crippen molar-refractivity contribution in [2.45, 2.75) is 116 Å². The van der Waals surface area contributed by atoms with E-state index in [1.54, 1.807) is 31.9 Å². The summed E-state index contributed by atoms with van der Waals surface area (Å²) in [7, 11) is 1.59. The SMILES string of the molecule is CCCCCCC(=O)NCCOc1cc(C(N)=O)cc(C(O)NCCC(C)(C)OC(C)(C)C(=O)N2C(=NCCOC)C2CCC(C)=O)c1. The second-order valence-corrected chi connectivity index (χ2v) is 13.3. The Morgan fingerprint density at radius 3 is 2.42 bits per heavy atom. The molecule has 3 amide bonds. The number of ether oxygens (including phenoxy) is 3. The summed E-state index contributed by atoms with van der Waals surface area (Å²) in [6.07, 6.45) is 4.71. The first kappa shape index (κ1) is 40.8. The minimum atomic E-state index is -1.19. The summed E-state index contributed by atoms with van der Waals surface area (Å²) in [6.45, 7) is 12.4. The van der Waals surface area contributed by atoms with Gasteiger partial charge in [-0.1, -0.05) is 26.2 Å². The first-order chi connectivity index (χ1) is 22.6. The summed E-state index contributed by atoms with van der Waals surface area (Å²) in [5, 5.41) is 16.8. The number of rotatable bonds is 24. The fraction of sp³-hybridized carbons (Fsp3) is 0.686. The fourth-order valence-corrected chi connectivity index (χ4v) is 5.37. The van der Waals surface area contributed by atoms with Crippen LogP contribution < -0.4 is 21.1 Å². The molecule has 48 heavy (non-hydrogen) atoms. The number of amides is 3. The van der Waals surface area contributed by atoms with E-state index in [4.69, 9.17) is 19.9 Å². The molecule has 0 spiro atoms. The monoisotopic (exact) mass is 675 g/mol. The molecule has 0 saturated carbocycles. The van der Waals surface area contributed by atoms with E-state index < -0.39 is 23.3 Å². The van der Waals surface area contributed by atoms with Crippen LogP contribution in [-0.2, 0) is 23.9 Å². The Balaban J connectivity index is 1.94. The van der Waals surface area contributed by atoms with Crippen molar-refractivity contribution in [3.05, 3.63) is 29.3 Å². The van der Waals surface area contributed by atoms with E-state index in [0.717, 1.165) is 25.7 Å². The maximum Gasteiger partial charge on any atom is 0.260 e. The number of carbonyl (C=O) groups is 4. The van der Waals surface area contributed by atoms with Crippen molar-refractivity contribution in [1.82, 2.24) is 15.5 Å². The van der Waals surface area contributed by atoms with Crippen molar-refractivity contribution in [3.8, 4) is 5.75 Å². The second-order valence-electron chi connectivity index (χ2n) is 13.3. The van der Waals surface area contributed by atoms with E-state index >= 15 is 0 Å². The minimum absolute atomic E-state index is 0.0315. The highest BCUT2D eigenvalue weighted by Gasteiger charge is 2.52. The van der Waals surface area contributed by atoms with Crippen molar-refractivity contribution >= 4 is 29.3 Å². The van der Waals surface area contributed by atoms with E-state index in [1.807, 2.05) is 13.8 Å². The summed E-state index contributed by atoms with van der Waals surface area (Å²) < 4.78 is 17.2. The molecule has 0 aliphatic carbocycles. The third kappa shape index (κ3) is 14.0. The van der Waals surface area contributed by atoms with Gasteiger partial charge in [-0.3, -0.25) is 29.6 Å². The molecule has 2 unspecified atom stereocenters. The standard InChI is InChI=1S/C35H57N5O8/c1-8-9-10-11-12-29(42)37-18-20-47-27-22-25(30(36)43)21-26(23-27)32(44)39-16-15-34(3,4)48-35(5,6)33(45)40-28(14-13-24(2)41)31(40)38-17-19-46-7/h21-23,28,32,39,44H,8-20H2,1-7H3,(H2,36,43)(H,37,42). The Morgan fingerprint density at radius 1 is 1.04 bits per heavy atom. The number of Topliss-reactive ketones (excluding diaryl/α,β-unsaturated/α-hetero) is 1. The van der Waals surface area contributed by atoms with Gasteiger partial charge in [0.05, 0.1) is 31.3 Å². The van der Waals surface area contributed by atoms with Crippen LogP contribution in [0.1, 0.15) is 115 Å². The Labute approximate surface area is 285 Å². The van der Waals surface area contributed by atoms with Gasteiger partial charge in [0, 0.05) is 32.1 Å². The number of unbranched alkanes of at least 4 members (excludes halogenated alkanes) is 3. The van der Waals surface area contributed by atoms with Gasteiger partial charge in [-0.05, 0) is 77.6 Å². The van der Waals surface area contributed by atoms with Crippen molar-refractivity contribution in [1.29, 1.82) is 0 Å². The molecule has 0 radical (unpaired) electrons. The molecule has 1 fully saturated rings. The highest BCUT2D eigenvalue weighted by Crippen LogP contribution is 2.34. The lowest BCUT2D eigenvalue weighted by Crippen LogP contribution is -2.47. The number of nitrogens with two attached hydrogens (primary N) is 1. The van der Waals surface area contributed by atoms with E-state index in [9.17, 15) is 24.3 Å².